The van der Waals surface area contributed by atoms with Gasteiger partial charge in [-0.05, 0) is 30.7 Å². The Morgan fingerprint density at radius 1 is 1.00 bits per heavy atom. The van der Waals surface area contributed by atoms with E-state index in [9.17, 15) is 0 Å². The lowest BCUT2D eigenvalue weighted by Crippen LogP contribution is -1.91. The summed E-state index contributed by atoms with van der Waals surface area (Å²) < 4.78 is 0.976. The monoisotopic (exact) mass is 314 g/mol. The number of para-hydroxylation sites is 1. The van der Waals surface area contributed by atoms with Gasteiger partial charge in [0.15, 0.2) is 4.34 Å². The summed E-state index contributed by atoms with van der Waals surface area (Å²) in [5.41, 5.74) is 2.14. The van der Waals surface area contributed by atoms with Crippen LogP contribution in [-0.2, 0) is 6.42 Å². The van der Waals surface area contributed by atoms with Crippen LogP contribution in [0.2, 0.25) is 0 Å². The second-order valence-electron chi connectivity index (χ2n) is 4.28. The van der Waals surface area contributed by atoms with E-state index >= 15 is 0 Å². The van der Waals surface area contributed by atoms with Gasteiger partial charge < -0.3 is 5.32 Å². The summed E-state index contributed by atoms with van der Waals surface area (Å²) in [6, 6.07) is 16.0. The number of aryl methyl sites for hydroxylation is 1. The quantitative estimate of drug-likeness (QED) is 0.697. The molecular weight excluding hydrogens is 300 g/mol. The number of benzene rings is 1. The molecule has 3 aromatic rings. The molecule has 1 N–H and O–H groups in total. The van der Waals surface area contributed by atoms with Crippen molar-refractivity contribution in [3.05, 3.63) is 60.4 Å². The second kappa shape index (κ2) is 7.19. The van der Waals surface area contributed by atoms with Crippen LogP contribution in [0.3, 0.4) is 0 Å². The maximum atomic E-state index is 4.31. The van der Waals surface area contributed by atoms with Crippen molar-refractivity contribution >= 4 is 33.9 Å². The van der Waals surface area contributed by atoms with Gasteiger partial charge in [0.05, 0.1) is 0 Å². The van der Waals surface area contributed by atoms with E-state index in [-0.39, 0.29) is 0 Å². The topological polar surface area (TPSA) is 50.7 Å². The first kappa shape index (κ1) is 14.0. The predicted octanol–water partition coefficient (Wildman–Crippen LogP) is 4.01. The summed E-state index contributed by atoms with van der Waals surface area (Å²) in [4.78, 5) is 4.31. The fourth-order valence-corrected chi connectivity index (χ4v) is 3.56. The molecule has 21 heavy (non-hydrogen) atoms. The van der Waals surface area contributed by atoms with E-state index in [0.717, 1.165) is 33.0 Å². The van der Waals surface area contributed by atoms with Gasteiger partial charge >= 0.3 is 0 Å². The molecule has 2 aromatic heterocycles. The average molecular weight is 314 g/mol. The normalized spacial score (nSPS) is 10.5. The van der Waals surface area contributed by atoms with Crippen molar-refractivity contribution in [3.8, 4) is 0 Å². The molecule has 0 unspecified atom stereocenters. The highest BCUT2D eigenvalue weighted by Crippen LogP contribution is 2.27. The second-order valence-corrected chi connectivity index (χ2v) is 6.60. The highest BCUT2D eigenvalue weighted by atomic mass is 32.2. The molecule has 6 heteroatoms. The van der Waals surface area contributed by atoms with Gasteiger partial charge in [0.25, 0.3) is 0 Å². The van der Waals surface area contributed by atoms with Crippen molar-refractivity contribution in [2.45, 2.75) is 10.8 Å². The Morgan fingerprint density at radius 2 is 1.86 bits per heavy atom. The van der Waals surface area contributed by atoms with Crippen LogP contribution in [-0.4, -0.2) is 20.9 Å². The van der Waals surface area contributed by atoms with E-state index in [0.29, 0.717) is 0 Å². The number of aromatic nitrogens is 3. The molecule has 0 bridgehead atoms. The number of pyridine rings is 1. The molecule has 0 amide bonds. The van der Waals surface area contributed by atoms with Gasteiger partial charge in [-0.3, -0.25) is 4.98 Å². The maximum absolute atomic E-state index is 4.31. The number of rotatable bonds is 6. The molecule has 0 aliphatic carbocycles. The van der Waals surface area contributed by atoms with Crippen LogP contribution >= 0.6 is 23.1 Å². The Hall–Kier alpha value is -1.92. The summed E-state index contributed by atoms with van der Waals surface area (Å²) >= 11 is 3.28. The van der Waals surface area contributed by atoms with Gasteiger partial charge in [0, 0.05) is 23.3 Å². The molecule has 106 valence electrons. The van der Waals surface area contributed by atoms with Gasteiger partial charge in [-0.25, -0.2) is 0 Å². The van der Waals surface area contributed by atoms with Crippen LogP contribution in [0, 0.1) is 0 Å². The third kappa shape index (κ3) is 4.27. The fraction of sp³-hybridized carbons (Fsp3) is 0.133. The summed E-state index contributed by atoms with van der Waals surface area (Å²) in [7, 11) is 0. The minimum Gasteiger partial charge on any atom is -0.330 e. The third-order valence-electron chi connectivity index (χ3n) is 2.74. The molecule has 0 aliphatic rings. The first-order valence-electron chi connectivity index (χ1n) is 6.58. The molecule has 0 saturated heterocycles. The molecule has 0 radical (unpaired) electrons. The Bertz CT molecular complexity index is 670. The fourth-order valence-electron chi connectivity index (χ4n) is 1.75. The van der Waals surface area contributed by atoms with Crippen molar-refractivity contribution in [3.63, 3.8) is 0 Å². The number of hydrogen-bond acceptors (Lipinski definition) is 6. The molecule has 0 aliphatic heterocycles. The van der Waals surface area contributed by atoms with Crippen LogP contribution in [0.1, 0.15) is 5.69 Å². The van der Waals surface area contributed by atoms with Crippen molar-refractivity contribution in [1.82, 2.24) is 15.2 Å². The Labute approximate surface area is 131 Å². The van der Waals surface area contributed by atoms with Crippen molar-refractivity contribution in [2.75, 3.05) is 11.1 Å². The zero-order valence-electron chi connectivity index (χ0n) is 11.3. The standard InChI is InChI=1S/C15H14N4S2/c1-2-7-13(8-3-1)17-14-18-19-15(21-14)20-11-9-12-6-4-5-10-16-12/h1-8,10H,9,11H2,(H,17,18). The summed E-state index contributed by atoms with van der Waals surface area (Å²) in [5, 5.41) is 12.4. The number of anilines is 2. The molecule has 2 heterocycles. The predicted molar refractivity (Wildman–Crippen MR) is 88.3 cm³/mol. The van der Waals surface area contributed by atoms with Crippen molar-refractivity contribution in [1.29, 1.82) is 0 Å². The largest absolute Gasteiger partial charge is 0.330 e. The summed E-state index contributed by atoms with van der Waals surface area (Å²) in [6.07, 6.45) is 2.76. The van der Waals surface area contributed by atoms with Crippen LogP contribution in [0.5, 0.6) is 0 Å². The van der Waals surface area contributed by atoms with Crippen LogP contribution in [0.15, 0.2) is 59.1 Å². The number of nitrogens with one attached hydrogen (secondary N) is 1. The Balaban J connectivity index is 1.51. The third-order valence-corrected chi connectivity index (χ3v) is 4.72. The van der Waals surface area contributed by atoms with E-state index in [1.165, 1.54) is 0 Å². The Kier molecular flexibility index (Phi) is 4.81. The summed E-state index contributed by atoms with van der Waals surface area (Å²) in [5.74, 6) is 0.955. The molecule has 0 fully saturated rings. The zero-order chi connectivity index (χ0) is 14.3. The number of hydrogen-bond donors (Lipinski definition) is 1. The number of thioether (sulfide) groups is 1. The first-order valence-corrected chi connectivity index (χ1v) is 8.39. The Morgan fingerprint density at radius 3 is 2.67 bits per heavy atom. The van der Waals surface area contributed by atoms with E-state index in [1.807, 2.05) is 54.7 Å². The minimum atomic E-state index is 0.821. The smallest absolute Gasteiger partial charge is 0.210 e. The van der Waals surface area contributed by atoms with Gasteiger partial charge in [-0.2, -0.15) is 0 Å². The lowest BCUT2D eigenvalue weighted by molar-refractivity contribution is 1.00. The van der Waals surface area contributed by atoms with Gasteiger partial charge in [0.2, 0.25) is 5.13 Å². The maximum Gasteiger partial charge on any atom is 0.210 e. The van der Waals surface area contributed by atoms with E-state index in [1.54, 1.807) is 23.1 Å². The first-order chi connectivity index (χ1) is 10.4. The molecule has 4 nitrogen and oxygen atoms in total. The highest BCUT2D eigenvalue weighted by Gasteiger charge is 2.05. The lowest BCUT2D eigenvalue weighted by Gasteiger charge is -1.99. The van der Waals surface area contributed by atoms with Gasteiger partial charge in [-0.1, -0.05) is 47.4 Å². The highest BCUT2D eigenvalue weighted by molar-refractivity contribution is 8.01. The van der Waals surface area contributed by atoms with E-state index < -0.39 is 0 Å². The zero-order valence-corrected chi connectivity index (χ0v) is 12.9. The molecule has 0 atom stereocenters. The molecule has 0 saturated carbocycles. The molecule has 1 aromatic carbocycles. The average Bonchev–Trinajstić information content (AvgIpc) is 2.97. The van der Waals surface area contributed by atoms with E-state index in [4.69, 9.17) is 0 Å². The molecular formula is C15H14N4S2. The molecule has 0 spiro atoms. The van der Waals surface area contributed by atoms with Crippen LogP contribution in [0.25, 0.3) is 0 Å². The summed E-state index contributed by atoms with van der Waals surface area (Å²) in [6.45, 7) is 0. The van der Waals surface area contributed by atoms with Crippen LogP contribution in [0.4, 0.5) is 10.8 Å². The van der Waals surface area contributed by atoms with E-state index in [2.05, 4.69) is 20.5 Å². The van der Waals surface area contributed by atoms with Gasteiger partial charge in [-0.15, -0.1) is 10.2 Å². The van der Waals surface area contributed by atoms with Crippen molar-refractivity contribution in [2.24, 2.45) is 0 Å². The lowest BCUT2D eigenvalue weighted by atomic mass is 10.3. The van der Waals surface area contributed by atoms with Crippen LogP contribution < -0.4 is 5.32 Å². The van der Waals surface area contributed by atoms with Gasteiger partial charge in [0.1, 0.15) is 0 Å². The minimum absolute atomic E-state index is 0.821. The number of nitrogens with zero attached hydrogens (tertiary/aromatic N) is 3. The van der Waals surface area contributed by atoms with Crippen molar-refractivity contribution < 1.29 is 0 Å². The SMILES string of the molecule is c1ccc(Nc2nnc(SCCc3ccccn3)s2)cc1. The molecule has 3 rings (SSSR count).